The van der Waals surface area contributed by atoms with E-state index < -0.39 is 0 Å². The van der Waals surface area contributed by atoms with Crippen LogP contribution in [0.1, 0.15) is 29.0 Å². The molecular weight excluding hydrogens is 388 g/mol. The SMILES string of the molecule is CN=C(NCc1ccccc1CN1CCOCC1)N1CCC(c2ccc(OC)cc2)C1. The number of ether oxygens (including phenoxy) is 2. The van der Waals surface area contributed by atoms with E-state index in [-0.39, 0.29) is 0 Å². The van der Waals surface area contributed by atoms with E-state index in [1.54, 1.807) is 7.11 Å². The van der Waals surface area contributed by atoms with Gasteiger partial charge in [-0.2, -0.15) is 0 Å². The van der Waals surface area contributed by atoms with E-state index in [1.165, 1.54) is 16.7 Å². The highest BCUT2D eigenvalue weighted by Gasteiger charge is 2.26. The zero-order valence-corrected chi connectivity index (χ0v) is 18.7. The van der Waals surface area contributed by atoms with Gasteiger partial charge in [0.25, 0.3) is 0 Å². The highest BCUT2D eigenvalue weighted by molar-refractivity contribution is 5.80. The lowest BCUT2D eigenvalue weighted by atomic mass is 9.98. The average Bonchev–Trinajstić information content (AvgIpc) is 3.31. The van der Waals surface area contributed by atoms with Crippen LogP contribution in [-0.4, -0.2) is 69.3 Å². The Bertz CT molecular complexity index is 862. The normalized spacial score (nSPS) is 20.1. The average molecular weight is 423 g/mol. The smallest absolute Gasteiger partial charge is 0.193 e. The van der Waals surface area contributed by atoms with Gasteiger partial charge in [0.05, 0.1) is 20.3 Å². The van der Waals surface area contributed by atoms with Crippen LogP contribution in [0.25, 0.3) is 0 Å². The highest BCUT2D eigenvalue weighted by atomic mass is 16.5. The van der Waals surface area contributed by atoms with Gasteiger partial charge in [-0.15, -0.1) is 0 Å². The molecule has 2 aliphatic rings. The summed E-state index contributed by atoms with van der Waals surface area (Å²) in [5, 5.41) is 3.61. The van der Waals surface area contributed by atoms with Crippen LogP contribution in [0.5, 0.6) is 5.75 Å². The molecule has 31 heavy (non-hydrogen) atoms. The number of hydrogen-bond donors (Lipinski definition) is 1. The predicted octanol–water partition coefficient (Wildman–Crippen LogP) is 3.09. The first kappa shape index (κ1) is 21.7. The van der Waals surface area contributed by atoms with E-state index in [2.05, 4.69) is 68.6 Å². The molecule has 166 valence electrons. The molecule has 1 N–H and O–H groups in total. The molecule has 2 fully saturated rings. The molecule has 2 aromatic carbocycles. The van der Waals surface area contributed by atoms with E-state index in [0.29, 0.717) is 5.92 Å². The third-order valence-electron chi connectivity index (χ3n) is 6.34. The number of likely N-dealkylation sites (tertiary alicyclic amines) is 1. The van der Waals surface area contributed by atoms with Gasteiger partial charge >= 0.3 is 0 Å². The molecule has 2 saturated heterocycles. The van der Waals surface area contributed by atoms with Crippen molar-refractivity contribution in [2.24, 2.45) is 4.99 Å². The van der Waals surface area contributed by atoms with Crippen molar-refractivity contribution in [2.45, 2.75) is 25.4 Å². The third-order valence-corrected chi connectivity index (χ3v) is 6.34. The minimum Gasteiger partial charge on any atom is -0.497 e. The van der Waals surface area contributed by atoms with Crippen molar-refractivity contribution in [3.8, 4) is 5.75 Å². The first-order valence-corrected chi connectivity index (χ1v) is 11.2. The molecule has 0 aliphatic carbocycles. The van der Waals surface area contributed by atoms with Crippen LogP contribution in [0.2, 0.25) is 0 Å². The molecule has 6 heteroatoms. The Balaban J connectivity index is 1.35. The summed E-state index contributed by atoms with van der Waals surface area (Å²) in [4.78, 5) is 9.41. The lowest BCUT2D eigenvalue weighted by Crippen LogP contribution is -2.40. The number of rotatable bonds is 6. The Morgan fingerprint density at radius 3 is 2.52 bits per heavy atom. The van der Waals surface area contributed by atoms with Crippen LogP contribution >= 0.6 is 0 Å². The fourth-order valence-electron chi connectivity index (χ4n) is 4.49. The molecule has 2 aromatic rings. The number of methoxy groups -OCH3 is 1. The van der Waals surface area contributed by atoms with E-state index in [1.807, 2.05) is 7.05 Å². The number of hydrogen-bond acceptors (Lipinski definition) is 4. The first-order valence-electron chi connectivity index (χ1n) is 11.2. The van der Waals surface area contributed by atoms with E-state index in [9.17, 15) is 0 Å². The molecule has 2 aliphatic heterocycles. The van der Waals surface area contributed by atoms with Crippen LogP contribution in [0.3, 0.4) is 0 Å². The van der Waals surface area contributed by atoms with Gasteiger partial charge in [0.15, 0.2) is 5.96 Å². The van der Waals surface area contributed by atoms with Gasteiger partial charge in [0.2, 0.25) is 0 Å². The number of aliphatic imine (C=N–C) groups is 1. The molecule has 0 spiro atoms. The van der Waals surface area contributed by atoms with Crippen LogP contribution < -0.4 is 10.1 Å². The molecular formula is C25H34N4O2. The fraction of sp³-hybridized carbons (Fsp3) is 0.480. The molecule has 0 aromatic heterocycles. The fourth-order valence-corrected chi connectivity index (χ4v) is 4.49. The number of nitrogens with zero attached hydrogens (tertiary/aromatic N) is 3. The maximum atomic E-state index is 5.49. The van der Waals surface area contributed by atoms with Gasteiger partial charge in [0, 0.05) is 52.2 Å². The summed E-state index contributed by atoms with van der Waals surface area (Å²) in [6.07, 6.45) is 1.14. The van der Waals surface area contributed by atoms with Gasteiger partial charge in [-0.3, -0.25) is 9.89 Å². The summed E-state index contributed by atoms with van der Waals surface area (Å²) < 4.78 is 10.8. The van der Waals surface area contributed by atoms with Crippen molar-refractivity contribution in [1.29, 1.82) is 0 Å². The molecule has 0 bridgehead atoms. The zero-order chi connectivity index (χ0) is 21.5. The number of morpholine rings is 1. The summed E-state index contributed by atoms with van der Waals surface area (Å²) in [6, 6.07) is 17.2. The largest absolute Gasteiger partial charge is 0.497 e. The summed E-state index contributed by atoms with van der Waals surface area (Å²) in [5.41, 5.74) is 4.08. The van der Waals surface area contributed by atoms with Gasteiger partial charge in [0.1, 0.15) is 5.75 Å². The van der Waals surface area contributed by atoms with Crippen LogP contribution in [-0.2, 0) is 17.8 Å². The Morgan fingerprint density at radius 1 is 1.06 bits per heavy atom. The second-order valence-electron chi connectivity index (χ2n) is 8.26. The first-order chi connectivity index (χ1) is 15.3. The zero-order valence-electron chi connectivity index (χ0n) is 18.7. The molecule has 6 nitrogen and oxygen atoms in total. The summed E-state index contributed by atoms with van der Waals surface area (Å²) in [5.74, 6) is 2.42. The molecule has 2 heterocycles. The minimum atomic E-state index is 0.526. The topological polar surface area (TPSA) is 49.3 Å². The van der Waals surface area contributed by atoms with Gasteiger partial charge < -0.3 is 19.7 Å². The molecule has 0 radical (unpaired) electrons. The highest BCUT2D eigenvalue weighted by Crippen LogP contribution is 2.28. The molecule has 0 amide bonds. The van der Waals surface area contributed by atoms with E-state index in [4.69, 9.17) is 9.47 Å². The monoisotopic (exact) mass is 422 g/mol. The molecule has 0 saturated carbocycles. The van der Waals surface area contributed by atoms with Crippen LogP contribution in [0.4, 0.5) is 0 Å². The van der Waals surface area contributed by atoms with Gasteiger partial charge in [-0.25, -0.2) is 0 Å². The third kappa shape index (κ3) is 5.57. The number of guanidine groups is 1. The summed E-state index contributed by atoms with van der Waals surface area (Å²) in [7, 11) is 3.59. The number of benzene rings is 2. The maximum absolute atomic E-state index is 5.49. The van der Waals surface area contributed by atoms with Crippen molar-refractivity contribution in [3.05, 3.63) is 65.2 Å². The van der Waals surface area contributed by atoms with Gasteiger partial charge in [-0.1, -0.05) is 36.4 Å². The summed E-state index contributed by atoms with van der Waals surface area (Å²) >= 11 is 0. The predicted molar refractivity (Wildman–Crippen MR) is 125 cm³/mol. The van der Waals surface area contributed by atoms with Crippen LogP contribution in [0.15, 0.2) is 53.5 Å². The van der Waals surface area contributed by atoms with Crippen LogP contribution in [0, 0.1) is 0 Å². The second kappa shape index (κ2) is 10.6. The molecule has 4 rings (SSSR count). The van der Waals surface area contributed by atoms with Crippen molar-refractivity contribution in [3.63, 3.8) is 0 Å². The van der Waals surface area contributed by atoms with Crippen molar-refractivity contribution < 1.29 is 9.47 Å². The van der Waals surface area contributed by atoms with E-state index >= 15 is 0 Å². The van der Waals surface area contributed by atoms with Crippen molar-refractivity contribution in [2.75, 3.05) is 53.6 Å². The van der Waals surface area contributed by atoms with Crippen molar-refractivity contribution >= 4 is 5.96 Å². The number of nitrogens with one attached hydrogen (secondary N) is 1. The molecule has 1 atom stereocenters. The standard InChI is InChI=1S/C25H34N4O2/c1-26-25(29-12-11-23(19-29)20-7-9-24(30-2)10-8-20)27-17-21-5-3-4-6-22(21)18-28-13-15-31-16-14-28/h3-10,23H,11-19H2,1-2H3,(H,26,27). The molecule has 1 unspecified atom stereocenters. The minimum absolute atomic E-state index is 0.526. The quantitative estimate of drug-likeness (QED) is 0.573. The lowest BCUT2D eigenvalue weighted by Gasteiger charge is -2.28. The van der Waals surface area contributed by atoms with E-state index in [0.717, 1.165) is 70.6 Å². The van der Waals surface area contributed by atoms with Crippen molar-refractivity contribution in [1.82, 2.24) is 15.1 Å². The summed E-state index contributed by atoms with van der Waals surface area (Å²) in [6.45, 7) is 7.44. The Morgan fingerprint density at radius 2 is 1.81 bits per heavy atom. The second-order valence-corrected chi connectivity index (χ2v) is 8.26. The Labute approximate surface area is 185 Å². The lowest BCUT2D eigenvalue weighted by molar-refractivity contribution is 0.0341. The maximum Gasteiger partial charge on any atom is 0.193 e. The Hall–Kier alpha value is -2.57. The van der Waals surface area contributed by atoms with Gasteiger partial charge in [-0.05, 0) is 35.2 Å². The Kier molecular flexibility index (Phi) is 7.43.